The van der Waals surface area contributed by atoms with Crippen LogP contribution in [0.3, 0.4) is 0 Å². The molecule has 0 heterocycles. The third-order valence-electron chi connectivity index (χ3n) is 1.22. The highest BCUT2D eigenvalue weighted by Gasteiger charge is 1.94. The Hall–Kier alpha value is -0.920. The Balaban J connectivity index is 3.85. The summed E-state index contributed by atoms with van der Waals surface area (Å²) >= 11 is 0. The fraction of sp³-hybridized carbons (Fsp3) is 0.500. The van der Waals surface area contributed by atoms with Gasteiger partial charge in [0.25, 0.3) is 0 Å². The number of hydrogen-bond donors (Lipinski definition) is 1. The Kier molecular flexibility index (Phi) is 4.46. The molecule has 0 aromatic rings. The van der Waals surface area contributed by atoms with Crippen LogP contribution in [0, 0.1) is 0 Å². The van der Waals surface area contributed by atoms with Gasteiger partial charge in [-0.3, -0.25) is 0 Å². The van der Waals surface area contributed by atoms with Crippen molar-refractivity contribution >= 4 is 0 Å². The van der Waals surface area contributed by atoms with E-state index in [0.29, 0.717) is 0 Å². The van der Waals surface area contributed by atoms with E-state index in [1.54, 1.807) is 0 Å². The molecule has 58 valence electrons. The van der Waals surface area contributed by atoms with Gasteiger partial charge in [-0.2, -0.15) is 0 Å². The maximum atomic E-state index is 5.23. The molecule has 0 aliphatic heterocycles. The number of nitrogens with two attached hydrogens (primary N) is 1. The monoisotopic (exact) mass is 140 g/mol. The van der Waals surface area contributed by atoms with E-state index in [9.17, 15) is 0 Å². The van der Waals surface area contributed by atoms with Crippen molar-refractivity contribution in [3.05, 3.63) is 24.7 Å². The van der Waals surface area contributed by atoms with Crippen molar-refractivity contribution in [2.45, 2.75) is 20.3 Å². The molecule has 0 aromatic carbocycles. The van der Waals surface area contributed by atoms with Crippen LogP contribution in [0.4, 0.5) is 0 Å². The summed E-state index contributed by atoms with van der Waals surface area (Å²) in [6.45, 7) is 8.89. The summed E-state index contributed by atoms with van der Waals surface area (Å²) in [4.78, 5) is 2.03. The summed E-state index contributed by atoms with van der Waals surface area (Å²) in [6, 6.07) is 0. The van der Waals surface area contributed by atoms with Gasteiger partial charge < -0.3 is 10.6 Å². The van der Waals surface area contributed by atoms with Crippen molar-refractivity contribution < 1.29 is 0 Å². The second kappa shape index (κ2) is 4.91. The Morgan fingerprint density at radius 3 is 2.60 bits per heavy atom. The van der Waals surface area contributed by atoms with Crippen molar-refractivity contribution in [3.8, 4) is 0 Å². The molecule has 0 radical (unpaired) electrons. The zero-order valence-corrected chi connectivity index (χ0v) is 6.80. The molecule has 0 saturated carbocycles. The SMILES string of the molecule is C=C(C)N(/C=C\N)CCC. The van der Waals surface area contributed by atoms with Crippen molar-refractivity contribution in [3.63, 3.8) is 0 Å². The molecular formula is C8H16N2. The first kappa shape index (κ1) is 9.08. The van der Waals surface area contributed by atoms with Gasteiger partial charge in [0.15, 0.2) is 0 Å². The third-order valence-corrected chi connectivity index (χ3v) is 1.22. The minimum atomic E-state index is 0.989. The summed E-state index contributed by atoms with van der Waals surface area (Å²) in [6.07, 6.45) is 4.48. The molecule has 0 atom stereocenters. The average Bonchev–Trinajstić information content (AvgIpc) is 1.87. The van der Waals surface area contributed by atoms with Gasteiger partial charge in [-0.25, -0.2) is 0 Å². The topological polar surface area (TPSA) is 29.3 Å². The summed E-state index contributed by atoms with van der Waals surface area (Å²) in [5.74, 6) is 0. The Morgan fingerprint density at radius 1 is 1.70 bits per heavy atom. The van der Waals surface area contributed by atoms with Gasteiger partial charge in [0.1, 0.15) is 0 Å². The van der Waals surface area contributed by atoms with Crippen LogP contribution in [0.15, 0.2) is 24.7 Å². The minimum Gasteiger partial charge on any atom is -0.403 e. The fourth-order valence-electron chi connectivity index (χ4n) is 0.737. The van der Waals surface area contributed by atoms with E-state index in [1.807, 2.05) is 18.0 Å². The highest BCUT2D eigenvalue weighted by molar-refractivity contribution is 4.95. The quantitative estimate of drug-likeness (QED) is 0.643. The van der Waals surface area contributed by atoms with Gasteiger partial charge in [-0.05, 0) is 13.3 Å². The Bertz CT molecular complexity index is 127. The Labute approximate surface area is 63.0 Å². The standard InChI is InChI=1S/C8H16N2/c1-4-6-10(7-5-9)8(2)3/h5,7H,2,4,6,9H2,1,3H3/b7-5-. The lowest BCUT2D eigenvalue weighted by Crippen LogP contribution is -2.15. The lowest BCUT2D eigenvalue weighted by Gasteiger charge is -2.18. The minimum absolute atomic E-state index is 0.989. The van der Waals surface area contributed by atoms with Gasteiger partial charge in [0.05, 0.1) is 0 Å². The predicted octanol–water partition coefficient (Wildman–Crippen LogP) is 1.66. The number of hydrogen-bond acceptors (Lipinski definition) is 2. The van der Waals surface area contributed by atoms with Crippen molar-refractivity contribution in [1.82, 2.24) is 4.90 Å². The van der Waals surface area contributed by atoms with E-state index in [0.717, 1.165) is 18.7 Å². The molecule has 10 heavy (non-hydrogen) atoms. The second-order valence-electron chi connectivity index (χ2n) is 2.27. The first-order valence-corrected chi connectivity index (χ1v) is 3.53. The van der Waals surface area contributed by atoms with E-state index < -0.39 is 0 Å². The molecule has 2 nitrogen and oxygen atoms in total. The van der Waals surface area contributed by atoms with Gasteiger partial charge in [0, 0.05) is 24.6 Å². The Morgan fingerprint density at radius 2 is 2.30 bits per heavy atom. The van der Waals surface area contributed by atoms with Crippen molar-refractivity contribution in [1.29, 1.82) is 0 Å². The molecule has 0 amide bonds. The van der Waals surface area contributed by atoms with E-state index in [2.05, 4.69) is 13.5 Å². The van der Waals surface area contributed by atoms with Crippen LogP contribution in [0.1, 0.15) is 20.3 Å². The molecule has 0 aliphatic rings. The number of allylic oxidation sites excluding steroid dienone is 1. The summed E-state index contributed by atoms with van der Waals surface area (Å²) in [5, 5.41) is 0. The normalized spacial score (nSPS) is 10.2. The molecule has 0 bridgehead atoms. The molecular weight excluding hydrogens is 124 g/mol. The molecule has 2 N–H and O–H groups in total. The van der Waals surface area contributed by atoms with E-state index in [-0.39, 0.29) is 0 Å². The van der Waals surface area contributed by atoms with Crippen LogP contribution in [0.2, 0.25) is 0 Å². The van der Waals surface area contributed by atoms with Crippen LogP contribution in [-0.2, 0) is 0 Å². The number of rotatable bonds is 4. The smallest absolute Gasteiger partial charge is 0.0219 e. The summed E-state index contributed by atoms with van der Waals surface area (Å²) < 4.78 is 0. The van der Waals surface area contributed by atoms with Crippen LogP contribution in [0.5, 0.6) is 0 Å². The van der Waals surface area contributed by atoms with Crippen molar-refractivity contribution in [2.24, 2.45) is 5.73 Å². The number of nitrogens with zero attached hydrogens (tertiary/aromatic N) is 1. The second-order valence-corrected chi connectivity index (χ2v) is 2.27. The third kappa shape index (κ3) is 3.17. The average molecular weight is 140 g/mol. The van der Waals surface area contributed by atoms with Gasteiger partial charge >= 0.3 is 0 Å². The molecule has 0 spiro atoms. The van der Waals surface area contributed by atoms with Crippen LogP contribution < -0.4 is 5.73 Å². The highest BCUT2D eigenvalue weighted by atomic mass is 15.1. The fourth-order valence-corrected chi connectivity index (χ4v) is 0.737. The summed E-state index contributed by atoms with van der Waals surface area (Å²) in [7, 11) is 0. The zero-order chi connectivity index (χ0) is 7.98. The molecule has 0 saturated heterocycles. The first-order valence-electron chi connectivity index (χ1n) is 3.53. The van der Waals surface area contributed by atoms with E-state index >= 15 is 0 Å². The molecule has 2 heteroatoms. The maximum Gasteiger partial charge on any atom is 0.0219 e. The highest BCUT2D eigenvalue weighted by Crippen LogP contribution is 2.00. The van der Waals surface area contributed by atoms with Gasteiger partial charge in [-0.1, -0.05) is 13.5 Å². The summed E-state index contributed by atoms with van der Waals surface area (Å²) in [5.41, 5.74) is 6.27. The molecule has 0 rings (SSSR count). The van der Waals surface area contributed by atoms with E-state index in [4.69, 9.17) is 5.73 Å². The lowest BCUT2D eigenvalue weighted by molar-refractivity contribution is 0.464. The molecule has 0 aromatic heterocycles. The molecule has 0 aliphatic carbocycles. The van der Waals surface area contributed by atoms with Crippen molar-refractivity contribution in [2.75, 3.05) is 6.54 Å². The van der Waals surface area contributed by atoms with Gasteiger partial charge in [-0.15, -0.1) is 0 Å². The van der Waals surface area contributed by atoms with Crippen LogP contribution >= 0.6 is 0 Å². The predicted molar refractivity (Wildman–Crippen MR) is 45.1 cm³/mol. The maximum absolute atomic E-state index is 5.23. The largest absolute Gasteiger partial charge is 0.403 e. The zero-order valence-electron chi connectivity index (χ0n) is 6.80. The van der Waals surface area contributed by atoms with Crippen LogP contribution in [0.25, 0.3) is 0 Å². The lowest BCUT2D eigenvalue weighted by atomic mass is 10.4. The van der Waals surface area contributed by atoms with Gasteiger partial charge in [0.2, 0.25) is 0 Å². The molecule has 0 fully saturated rings. The van der Waals surface area contributed by atoms with E-state index in [1.165, 1.54) is 6.20 Å². The first-order chi connectivity index (χ1) is 4.72. The van der Waals surface area contributed by atoms with Crippen LogP contribution in [-0.4, -0.2) is 11.4 Å². The molecule has 0 unspecified atom stereocenters.